The Labute approximate surface area is 129 Å². The molecule has 3 aliphatic rings. The first-order chi connectivity index (χ1) is 10.8. The van der Waals surface area contributed by atoms with Crippen LogP contribution in [-0.4, -0.2) is 36.1 Å². The first kappa shape index (κ1) is 13.8. The van der Waals surface area contributed by atoms with Crippen LogP contribution in [0.4, 0.5) is 4.39 Å². The van der Waals surface area contributed by atoms with Gasteiger partial charge in [-0.2, -0.15) is 0 Å². The number of piperidine rings is 1. The standard InChI is InChI=1S/C18H21FN2O/c1-22-16-7-6-15-17(18(16)19)13(10-20-15)8-9-21-11-12-2-4-14(21)5-3-12/h2,4,6-7,10,12,14,20H,3,5,8-9,11H2,1H3/t12-,14-/m1/s1. The number of hydrogen-bond donors (Lipinski definition) is 1. The zero-order chi connectivity index (χ0) is 15.1. The van der Waals surface area contributed by atoms with E-state index in [-0.39, 0.29) is 5.82 Å². The van der Waals surface area contributed by atoms with Crippen molar-refractivity contribution < 1.29 is 9.13 Å². The molecule has 1 fully saturated rings. The van der Waals surface area contributed by atoms with E-state index >= 15 is 0 Å². The molecular formula is C18H21FN2O. The smallest absolute Gasteiger partial charge is 0.174 e. The molecule has 0 unspecified atom stereocenters. The number of benzene rings is 1. The first-order valence-electron chi connectivity index (χ1n) is 8.01. The van der Waals surface area contributed by atoms with Gasteiger partial charge in [0, 0.05) is 36.2 Å². The second-order valence-electron chi connectivity index (χ2n) is 6.35. The second-order valence-corrected chi connectivity index (χ2v) is 6.35. The lowest BCUT2D eigenvalue weighted by atomic mass is 9.86. The molecular weight excluding hydrogens is 279 g/mol. The van der Waals surface area contributed by atoms with Gasteiger partial charge in [0.1, 0.15) is 0 Å². The van der Waals surface area contributed by atoms with Crippen LogP contribution in [0.15, 0.2) is 30.5 Å². The van der Waals surface area contributed by atoms with Crippen LogP contribution in [-0.2, 0) is 6.42 Å². The van der Waals surface area contributed by atoms with Crippen molar-refractivity contribution in [3.8, 4) is 5.75 Å². The predicted molar refractivity (Wildman–Crippen MR) is 85.7 cm³/mol. The van der Waals surface area contributed by atoms with E-state index in [0.29, 0.717) is 23.1 Å². The van der Waals surface area contributed by atoms with Gasteiger partial charge >= 0.3 is 0 Å². The fourth-order valence-corrected chi connectivity index (χ4v) is 3.86. The van der Waals surface area contributed by atoms with E-state index in [1.807, 2.05) is 12.3 Å². The molecule has 1 saturated heterocycles. The lowest BCUT2D eigenvalue weighted by Gasteiger charge is -2.41. The summed E-state index contributed by atoms with van der Waals surface area (Å²) in [5, 5.41) is 0.678. The Morgan fingerprint density at radius 3 is 2.91 bits per heavy atom. The summed E-state index contributed by atoms with van der Waals surface area (Å²) in [6, 6.07) is 4.13. The van der Waals surface area contributed by atoms with E-state index in [1.54, 1.807) is 6.07 Å². The third kappa shape index (κ3) is 2.22. The summed E-state index contributed by atoms with van der Waals surface area (Å²) in [7, 11) is 1.51. The molecule has 2 atom stereocenters. The maximum atomic E-state index is 14.5. The molecule has 116 valence electrons. The highest BCUT2D eigenvalue weighted by Crippen LogP contribution is 2.31. The number of nitrogens with zero attached hydrogens (tertiary/aromatic N) is 1. The number of nitrogens with one attached hydrogen (secondary N) is 1. The number of fused-ring (bicyclic) bond motifs is 3. The van der Waals surface area contributed by atoms with Gasteiger partial charge in [-0.1, -0.05) is 12.2 Å². The summed E-state index contributed by atoms with van der Waals surface area (Å²) in [6.07, 6.45) is 10.1. The average molecular weight is 300 g/mol. The number of hydrogen-bond acceptors (Lipinski definition) is 2. The minimum Gasteiger partial charge on any atom is -0.494 e. The average Bonchev–Trinajstić information content (AvgIpc) is 2.98. The minimum absolute atomic E-state index is 0.253. The maximum Gasteiger partial charge on any atom is 0.174 e. The molecule has 1 aromatic carbocycles. The Bertz CT molecular complexity index is 721. The number of methoxy groups -OCH3 is 1. The van der Waals surface area contributed by atoms with Crippen LogP contribution in [0.5, 0.6) is 5.75 Å². The van der Waals surface area contributed by atoms with E-state index in [4.69, 9.17) is 4.74 Å². The third-order valence-corrected chi connectivity index (χ3v) is 5.09. The van der Waals surface area contributed by atoms with Crippen molar-refractivity contribution in [1.82, 2.24) is 9.88 Å². The summed E-state index contributed by atoms with van der Waals surface area (Å²) < 4.78 is 19.6. The van der Waals surface area contributed by atoms with Crippen LogP contribution >= 0.6 is 0 Å². The normalized spacial score (nSPS) is 24.3. The van der Waals surface area contributed by atoms with E-state index in [1.165, 1.54) is 20.0 Å². The van der Waals surface area contributed by atoms with Crippen LogP contribution in [0.3, 0.4) is 0 Å². The fourth-order valence-electron chi connectivity index (χ4n) is 3.86. The summed E-state index contributed by atoms with van der Waals surface area (Å²) in [5.74, 6) is 0.773. The Morgan fingerprint density at radius 2 is 2.23 bits per heavy atom. The summed E-state index contributed by atoms with van der Waals surface area (Å²) >= 11 is 0. The van der Waals surface area contributed by atoms with Gasteiger partial charge in [-0.15, -0.1) is 0 Å². The lowest BCUT2D eigenvalue weighted by Crippen LogP contribution is -2.45. The molecule has 0 amide bonds. The SMILES string of the molecule is COc1ccc2[nH]cc(CCN3C[C@@H]4C=C[C@@H]3CC4)c2c1F. The lowest BCUT2D eigenvalue weighted by molar-refractivity contribution is 0.139. The van der Waals surface area contributed by atoms with E-state index < -0.39 is 0 Å². The highest BCUT2D eigenvalue weighted by Gasteiger charge is 2.29. The Kier molecular flexibility index (Phi) is 3.41. The van der Waals surface area contributed by atoms with Crippen LogP contribution in [0, 0.1) is 11.7 Å². The van der Waals surface area contributed by atoms with Crippen molar-refractivity contribution in [2.75, 3.05) is 20.2 Å². The number of rotatable bonds is 4. The molecule has 4 heteroatoms. The predicted octanol–water partition coefficient (Wildman–Crippen LogP) is 3.51. The van der Waals surface area contributed by atoms with Crippen LogP contribution < -0.4 is 4.74 Å². The van der Waals surface area contributed by atoms with Crippen molar-refractivity contribution in [3.63, 3.8) is 0 Å². The summed E-state index contributed by atoms with van der Waals surface area (Å²) in [4.78, 5) is 5.71. The number of aromatic nitrogens is 1. The third-order valence-electron chi connectivity index (χ3n) is 5.09. The van der Waals surface area contributed by atoms with Crippen LogP contribution in [0.2, 0.25) is 0 Å². The topological polar surface area (TPSA) is 28.3 Å². The molecule has 2 aliphatic heterocycles. The van der Waals surface area contributed by atoms with Gasteiger partial charge in [-0.05, 0) is 42.9 Å². The van der Waals surface area contributed by atoms with Gasteiger partial charge in [0.15, 0.2) is 11.6 Å². The molecule has 1 aliphatic carbocycles. The highest BCUT2D eigenvalue weighted by atomic mass is 19.1. The Morgan fingerprint density at radius 1 is 1.32 bits per heavy atom. The van der Waals surface area contributed by atoms with Crippen LogP contribution in [0.1, 0.15) is 18.4 Å². The van der Waals surface area contributed by atoms with Gasteiger partial charge in [0.2, 0.25) is 0 Å². The highest BCUT2D eigenvalue weighted by molar-refractivity contribution is 5.85. The molecule has 1 aromatic heterocycles. The molecule has 0 spiro atoms. The zero-order valence-corrected chi connectivity index (χ0v) is 12.8. The van der Waals surface area contributed by atoms with Crippen molar-refractivity contribution in [2.24, 2.45) is 5.92 Å². The molecule has 0 saturated carbocycles. The number of ether oxygens (including phenoxy) is 1. The van der Waals surface area contributed by atoms with Gasteiger partial charge in [-0.25, -0.2) is 4.39 Å². The summed E-state index contributed by atoms with van der Waals surface area (Å²) in [6.45, 7) is 2.13. The Hall–Kier alpha value is -1.81. The molecule has 2 aromatic rings. The van der Waals surface area contributed by atoms with Gasteiger partial charge < -0.3 is 9.72 Å². The molecule has 3 nitrogen and oxygen atoms in total. The van der Waals surface area contributed by atoms with Gasteiger partial charge in [0.25, 0.3) is 0 Å². The van der Waals surface area contributed by atoms with Crippen molar-refractivity contribution in [3.05, 3.63) is 41.9 Å². The maximum absolute atomic E-state index is 14.5. The molecule has 1 N–H and O–H groups in total. The molecule has 22 heavy (non-hydrogen) atoms. The van der Waals surface area contributed by atoms with Gasteiger partial charge in [-0.3, -0.25) is 4.90 Å². The quantitative estimate of drug-likeness (QED) is 0.875. The van der Waals surface area contributed by atoms with Gasteiger partial charge in [0.05, 0.1) is 7.11 Å². The largest absolute Gasteiger partial charge is 0.494 e. The Balaban J connectivity index is 1.56. The number of aromatic amines is 1. The van der Waals surface area contributed by atoms with E-state index in [2.05, 4.69) is 22.0 Å². The molecule has 5 rings (SSSR count). The van der Waals surface area contributed by atoms with E-state index in [9.17, 15) is 4.39 Å². The number of halogens is 1. The fraction of sp³-hybridized carbons (Fsp3) is 0.444. The van der Waals surface area contributed by atoms with Crippen molar-refractivity contribution in [1.29, 1.82) is 0 Å². The van der Waals surface area contributed by atoms with Crippen LogP contribution in [0.25, 0.3) is 10.9 Å². The number of H-pyrrole nitrogens is 1. The zero-order valence-electron chi connectivity index (χ0n) is 12.8. The second kappa shape index (κ2) is 5.43. The van der Waals surface area contributed by atoms with Crippen molar-refractivity contribution >= 4 is 10.9 Å². The minimum atomic E-state index is -0.253. The monoisotopic (exact) mass is 300 g/mol. The van der Waals surface area contributed by atoms with E-state index in [0.717, 1.165) is 30.6 Å². The molecule has 2 bridgehead atoms. The first-order valence-corrected chi connectivity index (χ1v) is 8.01. The molecule has 0 radical (unpaired) electrons. The summed E-state index contributed by atoms with van der Waals surface area (Å²) in [5.41, 5.74) is 1.88. The molecule has 3 heterocycles. The van der Waals surface area contributed by atoms with Crippen molar-refractivity contribution in [2.45, 2.75) is 25.3 Å².